The number of nitrogens with zero attached hydrogens (tertiary/aromatic N) is 1. The highest BCUT2D eigenvalue weighted by Gasteiger charge is 2.35. The van der Waals surface area contributed by atoms with Crippen molar-refractivity contribution in [3.63, 3.8) is 0 Å². The maximum atomic E-state index is 11.5. The number of amides is 1. The molecule has 3 nitrogen and oxygen atoms in total. The van der Waals surface area contributed by atoms with Crippen LogP contribution >= 0.6 is 0 Å². The molecule has 1 atom stereocenters. The van der Waals surface area contributed by atoms with Gasteiger partial charge in [-0.3, -0.25) is 0 Å². The molecule has 0 aromatic heterocycles. The predicted octanol–water partition coefficient (Wildman–Crippen LogP) is 3.15. The molecule has 0 bridgehead atoms. The number of methoxy groups -OCH3 is 1. The van der Waals surface area contributed by atoms with Crippen molar-refractivity contribution >= 4 is 6.09 Å². The molecule has 0 N–H and O–H groups in total. The van der Waals surface area contributed by atoms with Crippen molar-refractivity contribution in [2.75, 3.05) is 14.2 Å². The first kappa shape index (κ1) is 14.3. The summed E-state index contributed by atoms with van der Waals surface area (Å²) >= 11 is 0. The summed E-state index contributed by atoms with van der Waals surface area (Å²) in [7, 11) is 3.24. The average molecular weight is 215 g/mol. The maximum Gasteiger partial charge on any atom is 0.409 e. The average Bonchev–Trinajstić information content (AvgIpc) is 2.15. The first-order valence-electron chi connectivity index (χ1n) is 5.58. The van der Waals surface area contributed by atoms with Crippen LogP contribution in [0.4, 0.5) is 4.79 Å². The number of carbonyl (C=O) groups is 1. The van der Waals surface area contributed by atoms with Crippen LogP contribution in [0.5, 0.6) is 0 Å². The summed E-state index contributed by atoms with van der Waals surface area (Å²) in [5.41, 5.74) is 0.108. The summed E-state index contributed by atoms with van der Waals surface area (Å²) in [6, 6.07) is 0.204. The molecule has 0 aliphatic heterocycles. The number of carbonyl (C=O) groups excluding carboxylic acids is 1. The highest BCUT2D eigenvalue weighted by molar-refractivity contribution is 5.67. The zero-order valence-corrected chi connectivity index (χ0v) is 11.1. The molecule has 1 unspecified atom stereocenters. The van der Waals surface area contributed by atoms with E-state index in [1.165, 1.54) is 7.11 Å². The Morgan fingerprint density at radius 2 is 1.87 bits per heavy atom. The van der Waals surface area contributed by atoms with E-state index in [1.807, 2.05) is 7.05 Å². The first-order chi connectivity index (χ1) is 6.77. The summed E-state index contributed by atoms with van der Waals surface area (Å²) < 4.78 is 4.77. The van der Waals surface area contributed by atoms with Crippen molar-refractivity contribution < 1.29 is 9.53 Å². The summed E-state index contributed by atoms with van der Waals surface area (Å²) in [5.74, 6) is 0.420. The molecule has 0 aliphatic rings. The lowest BCUT2D eigenvalue weighted by Crippen LogP contribution is -2.49. The van der Waals surface area contributed by atoms with Gasteiger partial charge < -0.3 is 9.64 Å². The molecule has 1 amide bonds. The van der Waals surface area contributed by atoms with E-state index in [0.717, 1.165) is 6.42 Å². The fourth-order valence-electron chi connectivity index (χ4n) is 2.34. The molecule has 0 rings (SSSR count). The standard InChI is InChI=1S/C12H25NO2/c1-8-12(4,5)10(9(2)3)13(6)11(14)15-7/h9-10H,8H2,1-7H3. The number of rotatable bonds is 4. The Labute approximate surface area is 93.8 Å². The van der Waals surface area contributed by atoms with Crippen LogP contribution in [-0.4, -0.2) is 31.2 Å². The Hall–Kier alpha value is -0.730. The van der Waals surface area contributed by atoms with E-state index in [-0.39, 0.29) is 17.6 Å². The molecule has 0 saturated carbocycles. The smallest absolute Gasteiger partial charge is 0.409 e. The van der Waals surface area contributed by atoms with Crippen molar-refractivity contribution in [2.24, 2.45) is 11.3 Å². The Bertz CT molecular complexity index is 212. The predicted molar refractivity (Wildman–Crippen MR) is 62.9 cm³/mol. The molecule has 0 aromatic rings. The molecule has 90 valence electrons. The topological polar surface area (TPSA) is 29.5 Å². The van der Waals surface area contributed by atoms with Gasteiger partial charge in [0.25, 0.3) is 0 Å². The SMILES string of the molecule is CCC(C)(C)C(C(C)C)N(C)C(=O)OC. The van der Waals surface area contributed by atoms with Gasteiger partial charge in [-0.05, 0) is 17.8 Å². The Kier molecular flexibility index (Phi) is 5.12. The van der Waals surface area contributed by atoms with Crippen LogP contribution in [0.2, 0.25) is 0 Å². The third-order valence-corrected chi connectivity index (χ3v) is 3.22. The zero-order valence-electron chi connectivity index (χ0n) is 11.1. The van der Waals surface area contributed by atoms with Gasteiger partial charge in [0.15, 0.2) is 0 Å². The minimum Gasteiger partial charge on any atom is -0.453 e. The molecule has 0 aromatic carbocycles. The van der Waals surface area contributed by atoms with Crippen molar-refractivity contribution in [2.45, 2.75) is 47.1 Å². The van der Waals surface area contributed by atoms with Crippen LogP contribution in [0.3, 0.4) is 0 Å². The number of hydrogen-bond acceptors (Lipinski definition) is 2. The third kappa shape index (κ3) is 3.40. The van der Waals surface area contributed by atoms with Crippen molar-refractivity contribution in [1.29, 1.82) is 0 Å². The Balaban J connectivity index is 4.90. The quantitative estimate of drug-likeness (QED) is 0.721. The van der Waals surface area contributed by atoms with Gasteiger partial charge >= 0.3 is 6.09 Å². The van der Waals surface area contributed by atoms with Crippen molar-refractivity contribution in [3.05, 3.63) is 0 Å². The molecule has 3 heteroatoms. The lowest BCUT2D eigenvalue weighted by atomic mass is 9.76. The molecule has 0 radical (unpaired) electrons. The van der Waals surface area contributed by atoms with Crippen molar-refractivity contribution in [3.8, 4) is 0 Å². The summed E-state index contributed by atoms with van der Waals surface area (Å²) in [5, 5.41) is 0. The zero-order chi connectivity index (χ0) is 12.2. The van der Waals surface area contributed by atoms with Crippen LogP contribution in [0.15, 0.2) is 0 Å². The molecular formula is C12H25NO2. The number of hydrogen-bond donors (Lipinski definition) is 0. The largest absolute Gasteiger partial charge is 0.453 e. The molecule has 0 fully saturated rings. The van der Waals surface area contributed by atoms with Gasteiger partial charge in [-0.15, -0.1) is 0 Å². The second-order valence-electron chi connectivity index (χ2n) is 5.11. The van der Waals surface area contributed by atoms with Crippen LogP contribution in [-0.2, 0) is 4.74 Å². The van der Waals surface area contributed by atoms with Crippen LogP contribution in [0.1, 0.15) is 41.0 Å². The normalized spacial score (nSPS) is 13.9. The summed E-state index contributed by atoms with van der Waals surface area (Å²) in [6.45, 7) is 10.8. The lowest BCUT2D eigenvalue weighted by Gasteiger charge is -2.41. The highest BCUT2D eigenvalue weighted by atomic mass is 16.5. The van der Waals surface area contributed by atoms with E-state index >= 15 is 0 Å². The Morgan fingerprint density at radius 1 is 1.40 bits per heavy atom. The number of ether oxygens (including phenoxy) is 1. The van der Waals surface area contributed by atoms with Gasteiger partial charge in [-0.25, -0.2) is 4.79 Å². The monoisotopic (exact) mass is 215 g/mol. The van der Waals surface area contributed by atoms with E-state index in [2.05, 4.69) is 34.6 Å². The van der Waals surface area contributed by atoms with E-state index < -0.39 is 0 Å². The Morgan fingerprint density at radius 3 is 2.13 bits per heavy atom. The molecule has 0 spiro atoms. The molecule has 15 heavy (non-hydrogen) atoms. The second-order valence-corrected chi connectivity index (χ2v) is 5.11. The summed E-state index contributed by atoms with van der Waals surface area (Å²) in [6.07, 6.45) is 0.784. The van der Waals surface area contributed by atoms with Crippen LogP contribution < -0.4 is 0 Å². The minimum atomic E-state index is -0.254. The first-order valence-corrected chi connectivity index (χ1v) is 5.58. The fourth-order valence-corrected chi connectivity index (χ4v) is 2.34. The fraction of sp³-hybridized carbons (Fsp3) is 0.917. The molecule has 0 saturated heterocycles. The molecule has 0 heterocycles. The maximum absolute atomic E-state index is 11.5. The minimum absolute atomic E-state index is 0.108. The van der Waals surface area contributed by atoms with Crippen LogP contribution in [0.25, 0.3) is 0 Å². The van der Waals surface area contributed by atoms with E-state index in [4.69, 9.17) is 4.74 Å². The second kappa shape index (κ2) is 5.38. The van der Waals surface area contributed by atoms with Gasteiger partial charge in [0.2, 0.25) is 0 Å². The van der Waals surface area contributed by atoms with E-state index in [1.54, 1.807) is 4.90 Å². The van der Waals surface area contributed by atoms with Crippen LogP contribution in [0, 0.1) is 11.3 Å². The molecular weight excluding hydrogens is 190 g/mol. The van der Waals surface area contributed by atoms with Gasteiger partial charge in [0, 0.05) is 13.1 Å². The van der Waals surface area contributed by atoms with Gasteiger partial charge in [0.05, 0.1) is 7.11 Å². The van der Waals surface area contributed by atoms with E-state index in [0.29, 0.717) is 5.92 Å². The van der Waals surface area contributed by atoms with E-state index in [9.17, 15) is 4.79 Å². The van der Waals surface area contributed by atoms with Gasteiger partial charge in [-0.1, -0.05) is 34.6 Å². The lowest BCUT2D eigenvalue weighted by molar-refractivity contribution is 0.0542. The molecule has 0 aliphatic carbocycles. The van der Waals surface area contributed by atoms with Gasteiger partial charge in [-0.2, -0.15) is 0 Å². The van der Waals surface area contributed by atoms with Crippen molar-refractivity contribution in [1.82, 2.24) is 4.90 Å². The summed E-state index contributed by atoms with van der Waals surface area (Å²) in [4.78, 5) is 13.2. The van der Waals surface area contributed by atoms with Gasteiger partial charge in [0.1, 0.15) is 0 Å². The highest BCUT2D eigenvalue weighted by Crippen LogP contribution is 2.33. The third-order valence-electron chi connectivity index (χ3n) is 3.22.